The standard InChI is InChI=1S/C6H6F6O2.C6H4F6O2/c2*1-2-3(13)14-4(5(7,8)9)6(10,11)12/h4H,2H2,1H3;2,4H,1H2. The summed E-state index contributed by atoms with van der Waals surface area (Å²) in [6, 6.07) is 0. The second-order valence-corrected chi connectivity index (χ2v) is 4.41. The lowest BCUT2D eigenvalue weighted by Crippen LogP contribution is -2.45. The van der Waals surface area contributed by atoms with Crippen molar-refractivity contribution in [2.45, 2.75) is 50.3 Å². The van der Waals surface area contributed by atoms with E-state index in [9.17, 15) is 62.3 Å². The molecule has 0 aliphatic heterocycles. The Labute approximate surface area is 148 Å². The lowest BCUT2D eigenvalue weighted by Gasteiger charge is -2.22. The summed E-state index contributed by atoms with van der Waals surface area (Å²) in [7, 11) is 0. The van der Waals surface area contributed by atoms with Crippen LogP contribution in [0.5, 0.6) is 0 Å². The van der Waals surface area contributed by atoms with Gasteiger partial charge in [-0.25, -0.2) is 4.79 Å². The predicted molar refractivity (Wildman–Crippen MR) is 64.5 cm³/mol. The molecule has 166 valence electrons. The molecule has 28 heavy (non-hydrogen) atoms. The molecule has 0 aromatic carbocycles. The number of carbonyl (C=O) groups is 2. The molecule has 0 fully saturated rings. The van der Waals surface area contributed by atoms with Crippen LogP contribution in [0.1, 0.15) is 13.3 Å². The first-order valence-electron chi connectivity index (χ1n) is 6.47. The molecule has 16 heteroatoms. The summed E-state index contributed by atoms with van der Waals surface area (Å²) in [5, 5.41) is 0. The van der Waals surface area contributed by atoms with Gasteiger partial charge in [-0.3, -0.25) is 4.79 Å². The molecular formula is C12H10F12O4. The van der Waals surface area contributed by atoms with Gasteiger partial charge in [0.2, 0.25) is 0 Å². The highest BCUT2D eigenvalue weighted by molar-refractivity contribution is 5.81. The summed E-state index contributed by atoms with van der Waals surface area (Å²) in [6.45, 7) is 3.76. The molecule has 0 unspecified atom stereocenters. The first-order valence-corrected chi connectivity index (χ1v) is 6.47. The lowest BCUT2D eigenvalue weighted by atomic mass is 10.3. The zero-order valence-corrected chi connectivity index (χ0v) is 13.3. The molecule has 0 saturated carbocycles. The Morgan fingerprint density at radius 3 is 1.25 bits per heavy atom. The van der Waals surface area contributed by atoms with Crippen LogP contribution in [0, 0.1) is 0 Å². The van der Waals surface area contributed by atoms with E-state index < -0.39 is 55.3 Å². The summed E-state index contributed by atoms with van der Waals surface area (Å²) < 4.78 is 147. The fourth-order valence-electron chi connectivity index (χ4n) is 1.02. The van der Waals surface area contributed by atoms with Crippen molar-refractivity contribution in [2.75, 3.05) is 0 Å². The molecule has 0 heterocycles. The van der Waals surface area contributed by atoms with Crippen molar-refractivity contribution in [3.05, 3.63) is 12.7 Å². The van der Waals surface area contributed by atoms with E-state index in [1.54, 1.807) is 0 Å². The van der Waals surface area contributed by atoms with Gasteiger partial charge < -0.3 is 9.47 Å². The zero-order chi connectivity index (χ0) is 23.1. The first kappa shape index (κ1) is 28.1. The van der Waals surface area contributed by atoms with E-state index in [4.69, 9.17) is 0 Å². The van der Waals surface area contributed by atoms with Crippen LogP contribution in [-0.2, 0) is 19.1 Å². The molecule has 0 aliphatic carbocycles. The molecule has 0 aromatic rings. The second-order valence-electron chi connectivity index (χ2n) is 4.41. The van der Waals surface area contributed by atoms with Crippen molar-refractivity contribution in [1.82, 2.24) is 0 Å². The van der Waals surface area contributed by atoms with E-state index in [2.05, 4.69) is 16.1 Å². The quantitative estimate of drug-likeness (QED) is 0.359. The van der Waals surface area contributed by atoms with Gasteiger partial charge in [0.1, 0.15) is 0 Å². The van der Waals surface area contributed by atoms with Gasteiger partial charge in [-0.05, 0) is 0 Å². The van der Waals surface area contributed by atoms with Gasteiger partial charge >= 0.3 is 36.6 Å². The molecule has 0 saturated heterocycles. The topological polar surface area (TPSA) is 52.6 Å². The van der Waals surface area contributed by atoms with Crippen molar-refractivity contribution in [1.29, 1.82) is 0 Å². The van der Waals surface area contributed by atoms with E-state index in [0.717, 1.165) is 6.92 Å². The molecule has 0 radical (unpaired) electrons. The van der Waals surface area contributed by atoms with E-state index in [0.29, 0.717) is 0 Å². The average molecular weight is 446 g/mol. The van der Waals surface area contributed by atoms with Gasteiger partial charge in [0.05, 0.1) is 0 Å². The molecule has 0 rings (SSSR count). The van der Waals surface area contributed by atoms with E-state index in [1.165, 1.54) is 0 Å². The Morgan fingerprint density at radius 2 is 1.04 bits per heavy atom. The molecule has 0 bridgehead atoms. The van der Waals surface area contributed by atoms with Crippen LogP contribution in [0.3, 0.4) is 0 Å². The minimum Gasteiger partial charge on any atom is -0.443 e. The molecule has 0 aliphatic rings. The average Bonchev–Trinajstić information content (AvgIpc) is 2.45. The molecule has 0 spiro atoms. The Balaban J connectivity index is 0. The van der Waals surface area contributed by atoms with Crippen LogP contribution >= 0.6 is 0 Å². The number of carbonyl (C=O) groups excluding carboxylic acids is 2. The van der Waals surface area contributed by atoms with Gasteiger partial charge in [0.25, 0.3) is 12.2 Å². The SMILES string of the molecule is C=CC(=O)OC(C(F)(F)F)C(F)(F)F.CCC(=O)OC(C(F)(F)F)C(F)(F)F. The van der Waals surface area contributed by atoms with Gasteiger partial charge in [-0.2, -0.15) is 52.7 Å². The van der Waals surface area contributed by atoms with E-state index in [-0.39, 0.29) is 6.08 Å². The van der Waals surface area contributed by atoms with Crippen LogP contribution in [0.15, 0.2) is 12.7 Å². The van der Waals surface area contributed by atoms with Crippen molar-refractivity contribution in [3.63, 3.8) is 0 Å². The molecule has 4 nitrogen and oxygen atoms in total. The number of esters is 2. The maximum atomic E-state index is 11.7. The first-order chi connectivity index (χ1) is 12.2. The summed E-state index contributed by atoms with van der Waals surface area (Å²) in [6.07, 6.45) is -31.1. The van der Waals surface area contributed by atoms with Gasteiger partial charge in [0.15, 0.2) is 0 Å². The van der Waals surface area contributed by atoms with Crippen molar-refractivity contribution in [2.24, 2.45) is 0 Å². The van der Waals surface area contributed by atoms with Crippen LogP contribution in [0.25, 0.3) is 0 Å². The fraction of sp³-hybridized carbons (Fsp3) is 0.667. The second kappa shape index (κ2) is 9.86. The number of halogens is 12. The number of hydrogen-bond donors (Lipinski definition) is 0. The molecule has 0 amide bonds. The predicted octanol–water partition coefficient (Wildman–Crippen LogP) is 4.64. The molecule has 0 aromatic heterocycles. The third kappa shape index (κ3) is 10.9. The van der Waals surface area contributed by atoms with Crippen molar-refractivity contribution < 1.29 is 71.7 Å². The third-order valence-electron chi connectivity index (χ3n) is 2.13. The number of alkyl halides is 12. The Morgan fingerprint density at radius 1 is 0.750 bits per heavy atom. The largest absolute Gasteiger partial charge is 0.443 e. The number of hydrogen-bond acceptors (Lipinski definition) is 4. The minimum atomic E-state index is -5.68. The van der Waals surface area contributed by atoms with Gasteiger partial charge in [0, 0.05) is 12.5 Å². The van der Waals surface area contributed by atoms with Crippen LogP contribution in [0.4, 0.5) is 52.7 Å². The zero-order valence-electron chi connectivity index (χ0n) is 13.3. The van der Waals surface area contributed by atoms with Crippen molar-refractivity contribution in [3.8, 4) is 0 Å². The normalized spacial score (nSPS) is 13.0. The highest BCUT2D eigenvalue weighted by Crippen LogP contribution is 2.36. The fourth-order valence-corrected chi connectivity index (χ4v) is 1.02. The highest BCUT2D eigenvalue weighted by atomic mass is 19.4. The van der Waals surface area contributed by atoms with Crippen LogP contribution in [-0.4, -0.2) is 48.9 Å². The monoisotopic (exact) mass is 446 g/mol. The van der Waals surface area contributed by atoms with E-state index in [1.807, 2.05) is 0 Å². The van der Waals surface area contributed by atoms with Crippen molar-refractivity contribution >= 4 is 11.9 Å². The summed E-state index contributed by atoms with van der Waals surface area (Å²) in [5.41, 5.74) is 0. The maximum absolute atomic E-state index is 11.7. The Kier molecular flexibility index (Phi) is 9.88. The van der Waals surface area contributed by atoms with Gasteiger partial charge in [-0.1, -0.05) is 13.5 Å². The lowest BCUT2D eigenvalue weighted by molar-refractivity contribution is -0.313. The Hall–Kier alpha value is -2.16. The van der Waals surface area contributed by atoms with Gasteiger partial charge in [-0.15, -0.1) is 0 Å². The summed E-state index contributed by atoms with van der Waals surface area (Å²) in [5.74, 6) is -3.34. The summed E-state index contributed by atoms with van der Waals surface area (Å²) in [4.78, 5) is 20.5. The smallest absolute Gasteiger partial charge is 0.434 e. The Bertz CT molecular complexity index is 501. The number of rotatable bonds is 4. The third-order valence-corrected chi connectivity index (χ3v) is 2.13. The van der Waals surface area contributed by atoms with Crippen LogP contribution < -0.4 is 0 Å². The molecular weight excluding hydrogens is 436 g/mol. The molecule has 0 N–H and O–H groups in total. The van der Waals surface area contributed by atoms with Crippen LogP contribution in [0.2, 0.25) is 0 Å². The minimum absolute atomic E-state index is 0.213. The van der Waals surface area contributed by atoms with E-state index >= 15 is 0 Å². The molecule has 0 atom stereocenters. The highest BCUT2D eigenvalue weighted by Gasteiger charge is 2.60. The number of ether oxygens (including phenoxy) is 2. The maximum Gasteiger partial charge on any atom is 0.434 e. The summed E-state index contributed by atoms with van der Waals surface area (Å²) >= 11 is 0.